The third-order valence-electron chi connectivity index (χ3n) is 3.48. The molecule has 1 fully saturated rings. The van der Waals surface area contributed by atoms with Gasteiger partial charge in [0.15, 0.2) is 5.03 Å². The molecule has 21 heavy (non-hydrogen) atoms. The van der Waals surface area contributed by atoms with Crippen LogP contribution in [-0.4, -0.2) is 59.0 Å². The predicted molar refractivity (Wildman–Crippen MR) is 79.5 cm³/mol. The summed E-state index contributed by atoms with van der Waals surface area (Å²) in [5.41, 5.74) is 1.06. The Bertz CT molecular complexity index is 687. The Hall–Kier alpha value is -1.29. The molecule has 0 aromatic carbocycles. The second kappa shape index (κ2) is 5.84. The number of rotatable bonds is 4. The molecule has 7 nitrogen and oxygen atoms in total. The predicted octanol–water partition coefficient (Wildman–Crippen LogP) is 0.681. The van der Waals surface area contributed by atoms with Crippen LogP contribution in [0.1, 0.15) is 10.7 Å². The van der Waals surface area contributed by atoms with E-state index in [1.807, 2.05) is 6.92 Å². The normalized spacial score (nSPS) is 18.1. The van der Waals surface area contributed by atoms with Crippen LogP contribution in [0.15, 0.2) is 22.7 Å². The highest BCUT2D eigenvalue weighted by molar-refractivity contribution is 7.89. The Labute approximate surface area is 127 Å². The zero-order valence-corrected chi connectivity index (χ0v) is 13.3. The molecule has 114 valence electrons. The third kappa shape index (κ3) is 3.15. The molecule has 0 unspecified atom stereocenters. The summed E-state index contributed by atoms with van der Waals surface area (Å²) >= 11 is 1.64. The molecule has 0 aliphatic carbocycles. The molecule has 1 N–H and O–H groups in total. The zero-order valence-electron chi connectivity index (χ0n) is 11.7. The number of aromatic nitrogens is 3. The highest BCUT2D eigenvalue weighted by Gasteiger charge is 2.29. The lowest BCUT2D eigenvalue weighted by Gasteiger charge is -2.33. The van der Waals surface area contributed by atoms with Gasteiger partial charge in [-0.2, -0.15) is 9.40 Å². The molecule has 0 atom stereocenters. The molecule has 2 aromatic heterocycles. The standard InChI is InChI=1S/C12H17N5O2S2/c1-10-14-11(9-20-10)8-16-4-6-17(7-5-16)21(18,19)12-2-3-13-15-12/h2-3,9H,4-8H2,1H3,(H,13,15). The molecule has 3 heterocycles. The summed E-state index contributed by atoms with van der Waals surface area (Å²) in [5, 5.41) is 9.51. The van der Waals surface area contributed by atoms with Gasteiger partial charge in [0.1, 0.15) is 0 Å². The average molecular weight is 327 g/mol. The number of aromatic amines is 1. The molecule has 0 saturated carbocycles. The van der Waals surface area contributed by atoms with Crippen molar-refractivity contribution in [2.75, 3.05) is 26.2 Å². The van der Waals surface area contributed by atoms with Gasteiger partial charge in [-0.05, 0) is 13.0 Å². The van der Waals surface area contributed by atoms with E-state index < -0.39 is 10.0 Å². The molecule has 9 heteroatoms. The van der Waals surface area contributed by atoms with Gasteiger partial charge in [-0.25, -0.2) is 13.4 Å². The number of hydrogen-bond acceptors (Lipinski definition) is 6. The Morgan fingerprint density at radius 1 is 1.33 bits per heavy atom. The maximum atomic E-state index is 12.3. The van der Waals surface area contributed by atoms with Crippen LogP contribution in [0, 0.1) is 6.92 Å². The van der Waals surface area contributed by atoms with Crippen LogP contribution in [0.3, 0.4) is 0 Å². The minimum absolute atomic E-state index is 0.158. The zero-order chi connectivity index (χ0) is 14.9. The summed E-state index contributed by atoms with van der Waals surface area (Å²) in [6.45, 7) is 5.17. The largest absolute Gasteiger partial charge is 0.295 e. The number of H-pyrrole nitrogens is 1. The molecule has 1 saturated heterocycles. The van der Waals surface area contributed by atoms with E-state index in [0.29, 0.717) is 26.2 Å². The van der Waals surface area contributed by atoms with Gasteiger partial charge in [0.25, 0.3) is 10.0 Å². The van der Waals surface area contributed by atoms with E-state index in [0.717, 1.165) is 17.2 Å². The first-order valence-corrected chi connectivity index (χ1v) is 9.00. The number of nitrogens with one attached hydrogen (secondary N) is 1. The molecule has 0 spiro atoms. The summed E-state index contributed by atoms with van der Waals surface area (Å²) in [7, 11) is -3.44. The van der Waals surface area contributed by atoms with Gasteiger partial charge in [-0.1, -0.05) is 0 Å². The molecule has 1 aliphatic heterocycles. The fraction of sp³-hybridized carbons (Fsp3) is 0.500. The highest BCUT2D eigenvalue weighted by atomic mass is 32.2. The van der Waals surface area contributed by atoms with E-state index >= 15 is 0 Å². The second-order valence-corrected chi connectivity index (χ2v) is 7.93. The molecule has 3 rings (SSSR count). The Balaban J connectivity index is 1.60. The van der Waals surface area contributed by atoms with Gasteiger partial charge in [-0.3, -0.25) is 10.00 Å². The van der Waals surface area contributed by atoms with E-state index in [9.17, 15) is 8.42 Å². The van der Waals surface area contributed by atoms with Gasteiger partial charge in [0, 0.05) is 38.1 Å². The SMILES string of the molecule is Cc1nc(CN2CCN(S(=O)(=O)c3ccn[nH]3)CC2)cs1. The smallest absolute Gasteiger partial charge is 0.260 e. The minimum Gasteiger partial charge on any atom is -0.295 e. The fourth-order valence-electron chi connectivity index (χ4n) is 2.36. The lowest BCUT2D eigenvalue weighted by atomic mass is 10.3. The second-order valence-electron chi connectivity index (χ2n) is 4.96. The number of nitrogens with zero attached hydrogens (tertiary/aromatic N) is 4. The van der Waals surface area contributed by atoms with Crippen LogP contribution >= 0.6 is 11.3 Å². The van der Waals surface area contributed by atoms with E-state index in [2.05, 4.69) is 25.5 Å². The van der Waals surface area contributed by atoms with Crippen molar-refractivity contribution in [3.63, 3.8) is 0 Å². The van der Waals surface area contributed by atoms with E-state index in [1.165, 1.54) is 16.6 Å². The average Bonchev–Trinajstić information content (AvgIpc) is 3.11. The molecule has 0 bridgehead atoms. The summed E-state index contributed by atoms with van der Waals surface area (Å²) < 4.78 is 26.2. The van der Waals surface area contributed by atoms with E-state index in [1.54, 1.807) is 11.3 Å². The maximum absolute atomic E-state index is 12.3. The maximum Gasteiger partial charge on any atom is 0.260 e. The highest BCUT2D eigenvalue weighted by Crippen LogP contribution is 2.17. The van der Waals surface area contributed by atoms with Crippen molar-refractivity contribution in [2.45, 2.75) is 18.5 Å². The molecule has 2 aromatic rings. The van der Waals surface area contributed by atoms with E-state index in [4.69, 9.17) is 0 Å². The van der Waals surface area contributed by atoms with Crippen LogP contribution in [0.4, 0.5) is 0 Å². The van der Waals surface area contributed by atoms with Crippen molar-refractivity contribution < 1.29 is 8.42 Å². The lowest BCUT2D eigenvalue weighted by Crippen LogP contribution is -2.48. The molecule has 1 aliphatic rings. The first-order chi connectivity index (χ1) is 10.1. The van der Waals surface area contributed by atoms with Gasteiger partial charge in [0.2, 0.25) is 0 Å². The first-order valence-electron chi connectivity index (χ1n) is 6.68. The monoisotopic (exact) mass is 327 g/mol. The number of aryl methyl sites for hydroxylation is 1. The summed E-state index contributed by atoms with van der Waals surface area (Å²) in [5.74, 6) is 0. The van der Waals surface area contributed by atoms with Crippen molar-refractivity contribution in [3.05, 3.63) is 28.3 Å². The van der Waals surface area contributed by atoms with E-state index in [-0.39, 0.29) is 5.03 Å². The Kier molecular flexibility index (Phi) is 4.07. The Morgan fingerprint density at radius 2 is 2.10 bits per heavy atom. The minimum atomic E-state index is -3.44. The summed E-state index contributed by atoms with van der Waals surface area (Å²) in [4.78, 5) is 6.67. The van der Waals surface area contributed by atoms with Gasteiger partial charge in [0.05, 0.1) is 16.9 Å². The van der Waals surface area contributed by atoms with Gasteiger partial charge in [-0.15, -0.1) is 11.3 Å². The van der Waals surface area contributed by atoms with Crippen LogP contribution in [-0.2, 0) is 16.6 Å². The van der Waals surface area contributed by atoms with Crippen molar-refractivity contribution in [1.29, 1.82) is 0 Å². The van der Waals surface area contributed by atoms with Crippen LogP contribution in [0.25, 0.3) is 0 Å². The number of hydrogen-bond donors (Lipinski definition) is 1. The number of piperazine rings is 1. The van der Waals surface area contributed by atoms with Gasteiger partial charge < -0.3 is 0 Å². The van der Waals surface area contributed by atoms with Crippen LogP contribution in [0.2, 0.25) is 0 Å². The van der Waals surface area contributed by atoms with Crippen molar-refractivity contribution >= 4 is 21.4 Å². The fourth-order valence-corrected chi connectivity index (χ4v) is 4.29. The first kappa shape index (κ1) is 14.6. The molecule has 0 radical (unpaired) electrons. The van der Waals surface area contributed by atoms with Gasteiger partial charge >= 0.3 is 0 Å². The lowest BCUT2D eigenvalue weighted by molar-refractivity contribution is 0.180. The molecule has 0 amide bonds. The van der Waals surface area contributed by atoms with Crippen molar-refractivity contribution in [3.8, 4) is 0 Å². The third-order valence-corrected chi connectivity index (χ3v) is 6.13. The van der Waals surface area contributed by atoms with Crippen molar-refractivity contribution in [1.82, 2.24) is 24.4 Å². The molecular weight excluding hydrogens is 310 g/mol. The van der Waals surface area contributed by atoms with Crippen LogP contribution in [0.5, 0.6) is 0 Å². The molecular formula is C12H17N5O2S2. The Morgan fingerprint density at radius 3 is 2.67 bits per heavy atom. The summed E-state index contributed by atoms with van der Waals surface area (Å²) in [6.07, 6.45) is 1.45. The van der Waals surface area contributed by atoms with Crippen molar-refractivity contribution in [2.24, 2.45) is 0 Å². The van der Waals surface area contributed by atoms with Crippen LogP contribution < -0.4 is 0 Å². The topological polar surface area (TPSA) is 82.2 Å². The quantitative estimate of drug-likeness (QED) is 0.893. The number of thiazole rings is 1. The summed E-state index contributed by atoms with van der Waals surface area (Å²) in [6, 6.07) is 1.49. The number of sulfonamides is 1.